The molecule has 0 saturated heterocycles. The number of ether oxygens (including phenoxy) is 1. The van der Waals surface area contributed by atoms with E-state index in [0.717, 1.165) is 0 Å². The first kappa shape index (κ1) is 14.1. The summed E-state index contributed by atoms with van der Waals surface area (Å²) in [4.78, 5) is 25.4. The molecule has 0 saturated carbocycles. The molecule has 0 aromatic heterocycles. The fraction of sp³-hybridized carbons (Fsp3) is 0.176. The van der Waals surface area contributed by atoms with Gasteiger partial charge in [-0.05, 0) is 43.2 Å². The normalized spacial score (nSPS) is 12.9. The highest BCUT2D eigenvalue weighted by atomic mass is 16.5. The van der Waals surface area contributed by atoms with Crippen LogP contribution in [-0.2, 0) is 0 Å². The topological polar surface area (TPSA) is 83.8 Å². The largest absolute Gasteiger partial charge is 0.507 e. The average molecular weight is 298 g/mol. The number of hydrogen-bond acceptors (Lipinski definition) is 5. The van der Waals surface area contributed by atoms with Crippen molar-refractivity contribution in [2.45, 2.75) is 13.8 Å². The lowest BCUT2D eigenvalue weighted by molar-refractivity contribution is 0.0971. The molecule has 2 aromatic carbocycles. The van der Waals surface area contributed by atoms with Gasteiger partial charge in [0.05, 0.1) is 23.8 Å². The fourth-order valence-electron chi connectivity index (χ4n) is 2.77. The van der Waals surface area contributed by atoms with Crippen molar-refractivity contribution in [3.05, 3.63) is 51.6 Å². The summed E-state index contributed by atoms with van der Waals surface area (Å²) in [6.07, 6.45) is 0. The van der Waals surface area contributed by atoms with Gasteiger partial charge >= 0.3 is 0 Å². The SMILES string of the molecule is COc1ccc(O)c2c1C(=O)c1c(cc(C)c(C)c1O)C2=O. The zero-order valence-electron chi connectivity index (χ0n) is 12.4. The van der Waals surface area contributed by atoms with Gasteiger partial charge in [-0.25, -0.2) is 0 Å². The lowest BCUT2D eigenvalue weighted by atomic mass is 9.81. The van der Waals surface area contributed by atoms with Gasteiger partial charge in [-0.15, -0.1) is 0 Å². The van der Waals surface area contributed by atoms with Gasteiger partial charge in [-0.2, -0.15) is 0 Å². The molecule has 0 spiro atoms. The molecule has 5 heteroatoms. The second kappa shape index (κ2) is 4.59. The van der Waals surface area contributed by atoms with Crippen LogP contribution >= 0.6 is 0 Å². The molecular formula is C17H14O5. The van der Waals surface area contributed by atoms with Crippen LogP contribution in [-0.4, -0.2) is 28.9 Å². The highest BCUT2D eigenvalue weighted by Crippen LogP contribution is 2.42. The molecule has 22 heavy (non-hydrogen) atoms. The van der Waals surface area contributed by atoms with E-state index in [1.54, 1.807) is 19.9 Å². The van der Waals surface area contributed by atoms with Crippen LogP contribution in [0.3, 0.4) is 0 Å². The molecule has 0 radical (unpaired) electrons. The van der Waals surface area contributed by atoms with Gasteiger partial charge in [-0.1, -0.05) is 0 Å². The second-order valence-corrected chi connectivity index (χ2v) is 5.28. The molecule has 1 aliphatic carbocycles. The van der Waals surface area contributed by atoms with Crippen molar-refractivity contribution in [2.75, 3.05) is 7.11 Å². The Morgan fingerprint density at radius 2 is 1.64 bits per heavy atom. The van der Waals surface area contributed by atoms with Crippen LogP contribution < -0.4 is 4.74 Å². The molecule has 3 rings (SSSR count). The first-order chi connectivity index (χ1) is 10.4. The Hall–Kier alpha value is -2.82. The number of rotatable bonds is 1. The van der Waals surface area contributed by atoms with Gasteiger partial charge in [0.25, 0.3) is 0 Å². The Kier molecular flexibility index (Phi) is 2.95. The molecular weight excluding hydrogens is 284 g/mol. The maximum Gasteiger partial charge on any atom is 0.202 e. The van der Waals surface area contributed by atoms with Crippen molar-refractivity contribution in [3.63, 3.8) is 0 Å². The van der Waals surface area contributed by atoms with E-state index >= 15 is 0 Å². The Morgan fingerprint density at radius 1 is 0.955 bits per heavy atom. The predicted octanol–water partition coefficient (Wildman–Crippen LogP) is 2.50. The Balaban J connectivity index is 2.43. The third-order valence-electron chi connectivity index (χ3n) is 4.10. The fourth-order valence-corrected chi connectivity index (χ4v) is 2.77. The third kappa shape index (κ3) is 1.65. The molecule has 2 N–H and O–H groups in total. The zero-order valence-corrected chi connectivity index (χ0v) is 12.4. The van der Waals surface area contributed by atoms with Crippen molar-refractivity contribution >= 4 is 11.6 Å². The number of ketones is 2. The predicted molar refractivity (Wildman–Crippen MR) is 79.1 cm³/mol. The standard InChI is InChI=1S/C17H14O5/c1-7-6-9-12(15(19)8(7)2)17(21)14-11(22-3)5-4-10(18)13(14)16(9)20/h4-6,18-19H,1-3H3. The number of hydrogen-bond donors (Lipinski definition) is 2. The lowest BCUT2D eigenvalue weighted by Gasteiger charge is -2.22. The van der Waals surface area contributed by atoms with Crippen molar-refractivity contribution < 1.29 is 24.5 Å². The number of aryl methyl sites for hydroxylation is 1. The number of aromatic hydroxyl groups is 2. The molecule has 2 aromatic rings. The summed E-state index contributed by atoms with van der Waals surface area (Å²) in [6, 6.07) is 4.30. The highest BCUT2D eigenvalue weighted by Gasteiger charge is 2.37. The van der Waals surface area contributed by atoms with E-state index in [9.17, 15) is 19.8 Å². The van der Waals surface area contributed by atoms with Gasteiger partial charge < -0.3 is 14.9 Å². The second-order valence-electron chi connectivity index (χ2n) is 5.28. The molecule has 0 unspecified atom stereocenters. The Bertz CT molecular complexity index is 849. The molecule has 112 valence electrons. The molecule has 0 atom stereocenters. The lowest BCUT2D eigenvalue weighted by Crippen LogP contribution is -2.22. The van der Waals surface area contributed by atoms with Crippen LogP contribution in [0.25, 0.3) is 0 Å². The van der Waals surface area contributed by atoms with Crippen molar-refractivity contribution in [3.8, 4) is 17.2 Å². The number of phenolic OH excluding ortho intramolecular Hbond substituents is 2. The van der Waals surface area contributed by atoms with Crippen molar-refractivity contribution in [1.29, 1.82) is 0 Å². The number of benzene rings is 2. The minimum absolute atomic E-state index is 0.0152. The summed E-state index contributed by atoms with van der Waals surface area (Å²) in [7, 11) is 1.38. The Morgan fingerprint density at radius 3 is 2.27 bits per heavy atom. The van der Waals surface area contributed by atoms with Gasteiger partial charge in [0.15, 0.2) is 5.78 Å². The smallest absolute Gasteiger partial charge is 0.202 e. The van der Waals surface area contributed by atoms with Crippen molar-refractivity contribution in [2.24, 2.45) is 0 Å². The number of phenols is 2. The van der Waals surface area contributed by atoms with E-state index in [2.05, 4.69) is 0 Å². The summed E-state index contributed by atoms with van der Waals surface area (Å²) < 4.78 is 5.13. The molecule has 0 heterocycles. The van der Waals surface area contributed by atoms with Crippen molar-refractivity contribution in [1.82, 2.24) is 0 Å². The molecule has 5 nitrogen and oxygen atoms in total. The number of carbonyl (C=O) groups excluding carboxylic acids is 2. The van der Waals surface area contributed by atoms with E-state index in [-0.39, 0.29) is 39.5 Å². The van der Waals surface area contributed by atoms with Crippen LogP contribution in [0.5, 0.6) is 17.2 Å². The summed E-state index contributed by atoms with van der Waals surface area (Å²) in [5.41, 5.74) is 1.20. The van der Waals surface area contributed by atoms with E-state index in [1.165, 1.54) is 19.2 Å². The summed E-state index contributed by atoms with van der Waals surface area (Å²) in [5.74, 6) is -1.33. The highest BCUT2D eigenvalue weighted by molar-refractivity contribution is 6.31. The zero-order chi connectivity index (χ0) is 16.2. The third-order valence-corrected chi connectivity index (χ3v) is 4.10. The van der Waals surface area contributed by atoms with Gasteiger partial charge in [0.1, 0.15) is 17.2 Å². The summed E-state index contributed by atoms with van der Waals surface area (Å²) >= 11 is 0. The van der Waals surface area contributed by atoms with Crippen LogP contribution in [0.4, 0.5) is 0 Å². The summed E-state index contributed by atoms with van der Waals surface area (Å²) in [6.45, 7) is 3.42. The van der Waals surface area contributed by atoms with Crippen LogP contribution in [0.2, 0.25) is 0 Å². The average Bonchev–Trinajstić information content (AvgIpc) is 2.49. The van der Waals surface area contributed by atoms with E-state index in [0.29, 0.717) is 11.1 Å². The number of methoxy groups -OCH3 is 1. The minimum Gasteiger partial charge on any atom is -0.507 e. The van der Waals surface area contributed by atoms with Gasteiger partial charge in [0, 0.05) is 5.56 Å². The monoisotopic (exact) mass is 298 g/mol. The first-order valence-corrected chi connectivity index (χ1v) is 6.71. The van der Waals surface area contributed by atoms with Gasteiger partial charge in [-0.3, -0.25) is 9.59 Å². The molecule has 1 aliphatic rings. The number of carbonyl (C=O) groups is 2. The quantitative estimate of drug-likeness (QED) is 0.721. The molecule has 0 amide bonds. The van der Waals surface area contributed by atoms with Crippen LogP contribution in [0, 0.1) is 13.8 Å². The van der Waals surface area contributed by atoms with Crippen LogP contribution in [0.1, 0.15) is 43.0 Å². The molecule has 0 aliphatic heterocycles. The first-order valence-electron chi connectivity index (χ1n) is 6.71. The molecule has 0 bridgehead atoms. The Labute approximate surface area is 126 Å². The molecule has 0 fully saturated rings. The maximum atomic E-state index is 12.8. The summed E-state index contributed by atoms with van der Waals surface area (Å²) in [5, 5.41) is 20.3. The van der Waals surface area contributed by atoms with Crippen LogP contribution in [0.15, 0.2) is 18.2 Å². The minimum atomic E-state index is -0.530. The van der Waals surface area contributed by atoms with Gasteiger partial charge in [0.2, 0.25) is 5.78 Å². The number of fused-ring (bicyclic) bond motifs is 2. The van der Waals surface area contributed by atoms with E-state index in [4.69, 9.17) is 4.74 Å². The maximum absolute atomic E-state index is 12.8. The van der Waals surface area contributed by atoms with E-state index < -0.39 is 11.6 Å². The van der Waals surface area contributed by atoms with E-state index in [1.807, 2.05) is 0 Å².